The molecule has 0 aromatic heterocycles. The lowest BCUT2D eigenvalue weighted by Crippen LogP contribution is -2.44. The Labute approximate surface area is 202 Å². The lowest BCUT2D eigenvalue weighted by atomic mass is 10.2. The quantitative estimate of drug-likeness (QED) is 0.322. The predicted octanol–water partition coefficient (Wildman–Crippen LogP) is 2.23. The summed E-state index contributed by atoms with van der Waals surface area (Å²) in [4.78, 5) is 18.6. The molecule has 11 heteroatoms. The molecule has 9 nitrogen and oxygen atoms in total. The zero-order chi connectivity index (χ0) is 22.5. The number of amides is 1. The maximum atomic E-state index is 12.6. The van der Waals surface area contributed by atoms with Gasteiger partial charge in [0.15, 0.2) is 5.96 Å². The molecule has 1 aliphatic heterocycles. The fraction of sp³-hybridized carbons (Fsp3) is 0.600. The van der Waals surface area contributed by atoms with Crippen molar-refractivity contribution in [3.05, 3.63) is 29.8 Å². The molecule has 1 aliphatic rings. The van der Waals surface area contributed by atoms with Crippen molar-refractivity contribution in [3.8, 4) is 0 Å². The number of nitrogens with one attached hydrogen (secondary N) is 2. The highest BCUT2D eigenvalue weighted by atomic mass is 127. The van der Waals surface area contributed by atoms with Crippen LogP contribution in [0.5, 0.6) is 0 Å². The normalized spacial score (nSPS) is 17.3. The number of ether oxygens (including phenoxy) is 1. The van der Waals surface area contributed by atoms with Gasteiger partial charge in [-0.3, -0.25) is 4.99 Å². The van der Waals surface area contributed by atoms with Gasteiger partial charge in [-0.2, -0.15) is 0 Å². The van der Waals surface area contributed by atoms with E-state index in [1.165, 1.54) is 18.4 Å². The van der Waals surface area contributed by atoms with Crippen LogP contribution in [0.4, 0.5) is 4.79 Å². The molecule has 1 heterocycles. The van der Waals surface area contributed by atoms with E-state index in [2.05, 4.69) is 15.6 Å². The van der Waals surface area contributed by atoms with Gasteiger partial charge < -0.3 is 20.3 Å². The zero-order valence-electron chi connectivity index (χ0n) is 19.0. The minimum atomic E-state index is -3.54. The van der Waals surface area contributed by atoms with Gasteiger partial charge >= 0.3 is 6.09 Å². The summed E-state index contributed by atoms with van der Waals surface area (Å²) < 4.78 is 31.7. The smallest absolute Gasteiger partial charge is 0.407 e. The second-order valence-electron chi connectivity index (χ2n) is 8.37. The molecule has 0 radical (unpaired) electrons. The zero-order valence-corrected chi connectivity index (χ0v) is 22.2. The monoisotopic (exact) mass is 567 g/mol. The van der Waals surface area contributed by atoms with E-state index in [1.54, 1.807) is 25.2 Å². The second-order valence-corrected chi connectivity index (χ2v) is 10.5. The number of benzene rings is 1. The lowest BCUT2D eigenvalue weighted by Gasteiger charge is -2.24. The topological polar surface area (TPSA) is 103 Å². The summed E-state index contributed by atoms with van der Waals surface area (Å²) in [5, 5.41) is 6.13. The van der Waals surface area contributed by atoms with Crippen molar-refractivity contribution >= 4 is 46.1 Å². The lowest BCUT2D eigenvalue weighted by molar-refractivity contribution is 0.0507. The van der Waals surface area contributed by atoms with Crippen molar-refractivity contribution in [2.75, 3.05) is 34.2 Å². The SMILES string of the molecule is CN=C(NCc1ccccc1S(=O)(=O)N(C)C)N1CCC(NC(=O)OC(C)(C)C)C1.I. The highest BCUT2D eigenvalue weighted by molar-refractivity contribution is 14.0. The molecule has 1 unspecified atom stereocenters. The van der Waals surface area contributed by atoms with Crippen LogP contribution in [0.3, 0.4) is 0 Å². The van der Waals surface area contributed by atoms with E-state index >= 15 is 0 Å². The fourth-order valence-electron chi connectivity index (χ4n) is 3.15. The molecule has 2 N–H and O–H groups in total. The van der Waals surface area contributed by atoms with Crippen LogP contribution >= 0.6 is 24.0 Å². The van der Waals surface area contributed by atoms with Crippen molar-refractivity contribution in [1.29, 1.82) is 0 Å². The van der Waals surface area contributed by atoms with Gasteiger partial charge in [-0.15, -0.1) is 24.0 Å². The first-order valence-corrected chi connectivity index (χ1v) is 11.3. The third kappa shape index (κ3) is 7.79. The number of alkyl carbamates (subject to hydrolysis) is 1. The van der Waals surface area contributed by atoms with Crippen molar-refractivity contribution < 1.29 is 17.9 Å². The maximum absolute atomic E-state index is 12.6. The minimum Gasteiger partial charge on any atom is -0.444 e. The maximum Gasteiger partial charge on any atom is 0.407 e. The van der Waals surface area contributed by atoms with Crippen LogP contribution in [0.2, 0.25) is 0 Å². The van der Waals surface area contributed by atoms with Gasteiger partial charge in [-0.05, 0) is 38.8 Å². The number of hydrogen-bond donors (Lipinski definition) is 2. The number of carbonyl (C=O) groups is 1. The first kappa shape index (κ1) is 27.4. The molecule has 0 saturated carbocycles. The summed E-state index contributed by atoms with van der Waals surface area (Å²) in [6, 6.07) is 6.87. The summed E-state index contributed by atoms with van der Waals surface area (Å²) in [6.07, 6.45) is 0.339. The van der Waals surface area contributed by atoms with Crippen LogP contribution in [0.1, 0.15) is 32.8 Å². The number of likely N-dealkylation sites (tertiary alicyclic amines) is 1. The van der Waals surface area contributed by atoms with Gasteiger partial charge in [0.05, 0.1) is 10.9 Å². The van der Waals surface area contributed by atoms with E-state index in [4.69, 9.17) is 4.74 Å². The molecule has 0 bridgehead atoms. The highest BCUT2D eigenvalue weighted by Gasteiger charge is 2.28. The molecule has 1 aromatic carbocycles. The van der Waals surface area contributed by atoms with Gasteiger partial charge in [-0.1, -0.05) is 18.2 Å². The van der Waals surface area contributed by atoms with E-state index < -0.39 is 21.7 Å². The molecule has 1 amide bonds. The number of carbonyl (C=O) groups excluding carboxylic acids is 1. The summed E-state index contributed by atoms with van der Waals surface area (Å²) in [7, 11) is 1.17. The number of sulfonamides is 1. The number of guanidine groups is 1. The van der Waals surface area contributed by atoms with Crippen LogP contribution in [-0.2, 0) is 21.3 Å². The Morgan fingerprint density at radius 2 is 1.94 bits per heavy atom. The third-order valence-corrected chi connectivity index (χ3v) is 6.50. The first-order valence-electron chi connectivity index (χ1n) is 9.89. The summed E-state index contributed by atoms with van der Waals surface area (Å²) in [5.41, 5.74) is 0.121. The molecular formula is C20H34IN5O4S. The minimum absolute atomic E-state index is 0. The Morgan fingerprint density at radius 1 is 1.29 bits per heavy atom. The Kier molecular flexibility index (Phi) is 10.0. The van der Waals surface area contributed by atoms with E-state index in [0.29, 0.717) is 24.6 Å². The van der Waals surface area contributed by atoms with E-state index in [0.717, 1.165) is 13.0 Å². The van der Waals surface area contributed by atoms with Crippen LogP contribution < -0.4 is 10.6 Å². The average molecular weight is 567 g/mol. The fourth-order valence-corrected chi connectivity index (χ4v) is 4.26. The van der Waals surface area contributed by atoms with Gasteiger partial charge in [0.1, 0.15) is 5.60 Å². The summed E-state index contributed by atoms with van der Waals surface area (Å²) >= 11 is 0. The van der Waals surface area contributed by atoms with E-state index in [1.807, 2.05) is 31.7 Å². The first-order chi connectivity index (χ1) is 13.9. The second kappa shape index (κ2) is 11.3. The van der Waals surface area contributed by atoms with E-state index in [-0.39, 0.29) is 34.9 Å². The molecule has 0 aliphatic carbocycles. The Morgan fingerprint density at radius 3 is 2.52 bits per heavy atom. The molecule has 176 valence electrons. The Hall–Kier alpha value is -1.60. The number of nitrogens with zero attached hydrogens (tertiary/aromatic N) is 3. The molecule has 31 heavy (non-hydrogen) atoms. The van der Waals surface area contributed by atoms with Crippen molar-refractivity contribution in [3.63, 3.8) is 0 Å². The number of rotatable bonds is 5. The van der Waals surface area contributed by atoms with Gasteiger partial charge in [0.25, 0.3) is 0 Å². The van der Waals surface area contributed by atoms with Gasteiger partial charge in [-0.25, -0.2) is 17.5 Å². The standard InChI is InChI=1S/C20H33N5O4S.HI/c1-20(2,3)29-19(26)23-16-11-12-25(14-16)18(21-4)22-13-15-9-7-8-10-17(15)30(27,28)24(5)6;/h7-10,16H,11-14H2,1-6H3,(H,21,22)(H,23,26);1H. The molecule has 1 atom stereocenters. The molecule has 1 fully saturated rings. The van der Waals surface area contributed by atoms with Crippen molar-refractivity contribution in [1.82, 2.24) is 19.8 Å². The van der Waals surface area contributed by atoms with Crippen molar-refractivity contribution in [2.24, 2.45) is 4.99 Å². The summed E-state index contributed by atoms with van der Waals surface area (Å²) in [5.74, 6) is 0.653. The third-order valence-electron chi connectivity index (χ3n) is 4.59. The Balaban J connectivity index is 0.00000480. The molecule has 1 aromatic rings. The van der Waals surface area contributed by atoms with Crippen molar-refractivity contribution in [2.45, 2.75) is 50.3 Å². The highest BCUT2D eigenvalue weighted by Crippen LogP contribution is 2.19. The van der Waals surface area contributed by atoms with E-state index in [9.17, 15) is 13.2 Å². The van der Waals surface area contributed by atoms with Gasteiger partial charge in [0.2, 0.25) is 10.0 Å². The van der Waals surface area contributed by atoms with Crippen LogP contribution in [-0.4, -0.2) is 75.6 Å². The van der Waals surface area contributed by atoms with Crippen LogP contribution in [0.15, 0.2) is 34.2 Å². The molecule has 2 rings (SSSR count). The largest absolute Gasteiger partial charge is 0.444 e. The summed E-state index contributed by atoms with van der Waals surface area (Å²) in [6.45, 7) is 7.11. The molecular weight excluding hydrogens is 533 g/mol. The molecule has 0 spiro atoms. The average Bonchev–Trinajstić information content (AvgIpc) is 3.08. The molecule has 1 saturated heterocycles. The number of aliphatic imine (C=N–C) groups is 1. The van der Waals surface area contributed by atoms with Crippen LogP contribution in [0, 0.1) is 0 Å². The Bertz CT molecular complexity index is 884. The van der Waals surface area contributed by atoms with Crippen LogP contribution in [0.25, 0.3) is 0 Å². The predicted molar refractivity (Wildman–Crippen MR) is 132 cm³/mol. The number of hydrogen-bond acceptors (Lipinski definition) is 5. The number of halogens is 1. The van der Waals surface area contributed by atoms with Gasteiger partial charge in [0, 0.05) is 40.8 Å².